The van der Waals surface area contributed by atoms with Crippen LogP contribution in [0.1, 0.15) is 29.0 Å². The second-order valence-corrected chi connectivity index (χ2v) is 13.3. The largest absolute Gasteiger partial charge is 0.309 e. The molecule has 246 valence electrons. The molecule has 8 aromatic carbocycles. The zero-order valence-electron chi connectivity index (χ0n) is 28.4. The van der Waals surface area contributed by atoms with Crippen LogP contribution < -0.4 is 16.2 Å². The van der Waals surface area contributed by atoms with Crippen LogP contribution in [0.25, 0.3) is 60.2 Å². The van der Waals surface area contributed by atoms with Gasteiger partial charge in [-0.3, -0.25) is 5.32 Å². The van der Waals surface area contributed by atoms with Gasteiger partial charge in [-0.1, -0.05) is 152 Å². The predicted molar refractivity (Wildman–Crippen MR) is 214 cm³/mol. The van der Waals surface area contributed by atoms with Crippen molar-refractivity contribution in [1.29, 1.82) is 0 Å². The van der Waals surface area contributed by atoms with Crippen LogP contribution in [0.2, 0.25) is 0 Å². The molecule has 2 atom stereocenters. The fraction of sp³-hybridized carbons (Fsp3) is 0.0638. The maximum Gasteiger partial charge on any atom is 0.0978 e. The van der Waals surface area contributed by atoms with E-state index in [9.17, 15) is 0 Å². The molecule has 0 aliphatic carbocycles. The van der Waals surface area contributed by atoms with E-state index in [4.69, 9.17) is 0 Å². The molecule has 4 heteroatoms. The van der Waals surface area contributed by atoms with Crippen molar-refractivity contribution in [2.24, 2.45) is 0 Å². The molecule has 0 radical (unpaired) electrons. The van der Waals surface area contributed by atoms with Crippen LogP contribution in [0.15, 0.2) is 182 Å². The van der Waals surface area contributed by atoms with Gasteiger partial charge in [-0.15, -0.1) is 0 Å². The highest BCUT2D eigenvalue weighted by Crippen LogP contribution is 2.40. The summed E-state index contributed by atoms with van der Waals surface area (Å²) in [5.41, 5.74) is 16.6. The van der Waals surface area contributed by atoms with Crippen LogP contribution in [-0.2, 0) is 0 Å². The molecule has 1 aromatic heterocycles. The quantitative estimate of drug-likeness (QED) is 0.176. The summed E-state index contributed by atoms with van der Waals surface area (Å²) in [6.07, 6.45) is 0.199. The number of hydrogen-bond acceptors (Lipinski definition) is 3. The van der Waals surface area contributed by atoms with Gasteiger partial charge in [0.25, 0.3) is 0 Å². The first-order valence-corrected chi connectivity index (χ1v) is 17.6. The second kappa shape index (κ2) is 13.3. The smallest absolute Gasteiger partial charge is 0.0978 e. The van der Waals surface area contributed by atoms with Gasteiger partial charge in [-0.25, -0.2) is 10.9 Å². The number of nitrogens with zero attached hydrogens (tertiary/aromatic N) is 1. The Morgan fingerprint density at radius 2 is 0.961 bits per heavy atom. The van der Waals surface area contributed by atoms with Crippen LogP contribution in [0.4, 0.5) is 0 Å². The lowest BCUT2D eigenvalue weighted by Gasteiger charge is -2.14. The maximum atomic E-state index is 3.58. The fourth-order valence-corrected chi connectivity index (χ4v) is 7.54. The number of nitrogens with one attached hydrogen (secondary N) is 3. The summed E-state index contributed by atoms with van der Waals surface area (Å²) in [6.45, 7) is 2.15. The molecule has 51 heavy (non-hydrogen) atoms. The topological polar surface area (TPSA) is 41.0 Å². The molecule has 3 N–H and O–H groups in total. The Morgan fingerprint density at radius 1 is 0.431 bits per heavy atom. The molecular weight excluding hydrogens is 621 g/mol. The number of hydrogen-bond donors (Lipinski definition) is 3. The Morgan fingerprint density at radius 3 is 1.61 bits per heavy atom. The summed E-state index contributed by atoms with van der Waals surface area (Å²) >= 11 is 0. The first-order chi connectivity index (χ1) is 25.2. The van der Waals surface area contributed by atoms with Crippen molar-refractivity contribution in [3.63, 3.8) is 0 Å². The van der Waals surface area contributed by atoms with Crippen molar-refractivity contribution in [2.45, 2.75) is 19.3 Å². The van der Waals surface area contributed by atoms with E-state index in [-0.39, 0.29) is 12.3 Å². The minimum Gasteiger partial charge on any atom is -0.309 e. The predicted octanol–water partition coefficient (Wildman–Crippen LogP) is 11.1. The van der Waals surface area contributed by atoms with E-state index < -0.39 is 0 Å². The summed E-state index contributed by atoms with van der Waals surface area (Å²) in [6, 6.07) is 64.7. The molecule has 0 bridgehead atoms. The lowest BCUT2D eigenvalue weighted by atomic mass is 10.00. The standard InChI is InChI=1S/C27H19N.C20H19N3/c1-18-7-6-10-21(17-18)28-24-15-13-19-8-2-4-11-22(19)26(24)27-23-12-5-3-9-20(23)14-16-25(27)28;1-3-8-15(9-4-1)17-12-7-13-18(14-17)20-21-19(22-23-20)16-10-5-2-6-11-16/h2-17H,1H3;1-14,19-23H. The highest BCUT2D eigenvalue weighted by Gasteiger charge is 2.25. The number of aryl methyl sites for hydroxylation is 1. The van der Waals surface area contributed by atoms with E-state index in [1.54, 1.807) is 0 Å². The van der Waals surface area contributed by atoms with Crippen LogP contribution in [0, 0.1) is 6.92 Å². The molecule has 0 spiro atoms. The van der Waals surface area contributed by atoms with Crippen molar-refractivity contribution >= 4 is 43.4 Å². The molecule has 4 nitrogen and oxygen atoms in total. The van der Waals surface area contributed by atoms with Crippen LogP contribution in [0.5, 0.6) is 0 Å². The van der Waals surface area contributed by atoms with Crippen molar-refractivity contribution in [3.8, 4) is 16.8 Å². The number of fused-ring (bicyclic) bond motifs is 7. The molecule has 1 aliphatic rings. The molecular formula is C47H38N4. The van der Waals surface area contributed by atoms with Gasteiger partial charge >= 0.3 is 0 Å². The number of benzene rings is 8. The minimum atomic E-state index is 0.0869. The zero-order valence-corrected chi connectivity index (χ0v) is 28.4. The monoisotopic (exact) mass is 658 g/mol. The average Bonchev–Trinajstić information content (AvgIpc) is 3.83. The Hall–Kier alpha value is -6.04. The van der Waals surface area contributed by atoms with Crippen LogP contribution in [-0.4, -0.2) is 4.57 Å². The van der Waals surface area contributed by atoms with Gasteiger partial charge in [0.1, 0.15) is 0 Å². The Balaban J connectivity index is 0.000000139. The number of hydrazine groups is 1. The molecule has 1 fully saturated rings. The van der Waals surface area contributed by atoms with E-state index in [2.05, 4.69) is 198 Å². The van der Waals surface area contributed by atoms with E-state index in [1.165, 1.54) is 76.9 Å². The van der Waals surface area contributed by atoms with Crippen molar-refractivity contribution in [2.75, 3.05) is 0 Å². The van der Waals surface area contributed by atoms with Gasteiger partial charge in [-0.2, -0.15) is 0 Å². The SMILES string of the molecule is Cc1cccc(-n2c3ccc4ccccc4c3c3c4ccccc4ccc32)c1.c1ccc(-c2cccc(C3NNC(c4ccccc4)N3)c2)cc1. The average molecular weight is 659 g/mol. The summed E-state index contributed by atoms with van der Waals surface area (Å²) in [7, 11) is 0. The van der Waals surface area contributed by atoms with Crippen LogP contribution in [0.3, 0.4) is 0 Å². The third-order valence-electron chi connectivity index (χ3n) is 9.97. The van der Waals surface area contributed by atoms with Gasteiger partial charge in [-0.05, 0) is 86.6 Å². The number of aromatic nitrogens is 1. The summed E-state index contributed by atoms with van der Waals surface area (Å²) < 4.78 is 2.41. The zero-order chi connectivity index (χ0) is 34.1. The molecule has 2 unspecified atom stereocenters. The molecule has 9 aromatic rings. The Kier molecular flexibility index (Phi) is 8.11. The maximum absolute atomic E-state index is 3.58. The highest BCUT2D eigenvalue weighted by molar-refractivity contribution is 6.28. The van der Waals surface area contributed by atoms with Crippen molar-refractivity contribution in [1.82, 2.24) is 20.7 Å². The molecule has 1 aliphatic heterocycles. The van der Waals surface area contributed by atoms with Crippen molar-refractivity contribution in [3.05, 3.63) is 199 Å². The van der Waals surface area contributed by atoms with Gasteiger partial charge in [0.15, 0.2) is 0 Å². The fourth-order valence-electron chi connectivity index (χ4n) is 7.54. The van der Waals surface area contributed by atoms with Gasteiger partial charge < -0.3 is 4.57 Å². The lowest BCUT2D eigenvalue weighted by Crippen LogP contribution is -2.26. The first kappa shape index (κ1) is 31.0. The lowest BCUT2D eigenvalue weighted by molar-refractivity contribution is 0.554. The summed E-state index contributed by atoms with van der Waals surface area (Å²) in [5, 5.41) is 11.5. The molecule has 10 rings (SSSR count). The van der Waals surface area contributed by atoms with Gasteiger partial charge in [0.05, 0.1) is 23.4 Å². The highest BCUT2D eigenvalue weighted by atomic mass is 15.5. The first-order valence-electron chi connectivity index (χ1n) is 17.6. The normalized spacial score (nSPS) is 15.7. The van der Waals surface area contributed by atoms with E-state index >= 15 is 0 Å². The van der Waals surface area contributed by atoms with Gasteiger partial charge in [0, 0.05) is 16.5 Å². The molecule has 1 saturated heterocycles. The third kappa shape index (κ3) is 5.86. The van der Waals surface area contributed by atoms with Crippen LogP contribution >= 0.6 is 0 Å². The second-order valence-electron chi connectivity index (χ2n) is 13.3. The summed E-state index contributed by atoms with van der Waals surface area (Å²) in [5.74, 6) is 0. The molecule has 0 amide bonds. The molecule has 0 saturated carbocycles. The number of rotatable bonds is 4. The minimum absolute atomic E-state index is 0.0869. The third-order valence-corrected chi connectivity index (χ3v) is 9.97. The summed E-state index contributed by atoms with van der Waals surface area (Å²) in [4.78, 5) is 0. The van der Waals surface area contributed by atoms with Crippen molar-refractivity contribution < 1.29 is 0 Å². The van der Waals surface area contributed by atoms with E-state index in [0.717, 1.165) is 0 Å². The van der Waals surface area contributed by atoms with E-state index in [1.807, 2.05) is 12.1 Å². The molecule has 2 heterocycles. The van der Waals surface area contributed by atoms with E-state index in [0.29, 0.717) is 0 Å². The Labute approximate surface area is 298 Å². The Bertz CT molecular complexity index is 2550. The van der Waals surface area contributed by atoms with Gasteiger partial charge in [0.2, 0.25) is 0 Å².